The van der Waals surface area contributed by atoms with Crippen LogP contribution in [-0.2, 0) is 17.8 Å². The van der Waals surface area contributed by atoms with E-state index in [1.165, 1.54) is 37.4 Å². The van der Waals surface area contributed by atoms with Gasteiger partial charge in [-0.1, -0.05) is 57.2 Å². The molecule has 0 radical (unpaired) electrons. The lowest BCUT2D eigenvalue weighted by molar-refractivity contribution is 0.120. The van der Waals surface area contributed by atoms with Crippen LogP contribution in [0.5, 0.6) is 0 Å². The molecule has 0 spiro atoms. The molecule has 0 heterocycles. The predicted molar refractivity (Wildman–Crippen MR) is 222 cm³/mol. The second-order valence-corrected chi connectivity index (χ2v) is 24.5. The van der Waals surface area contributed by atoms with Crippen LogP contribution in [0.1, 0.15) is 91.4 Å². The first-order valence-electron chi connectivity index (χ1n) is 18.9. The molecular weight excluding hydrogens is 741 g/mol. The van der Waals surface area contributed by atoms with Crippen LogP contribution >= 0.6 is 24.7 Å². The van der Waals surface area contributed by atoms with E-state index < -0.39 is 16.6 Å². The molecule has 6 N–H and O–H groups in total. The summed E-state index contributed by atoms with van der Waals surface area (Å²) in [6.45, 7) is 20.2. The molecule has 0 aliphatic carbocycles. The van der Waals surface area contributed by atoms with Gasteiger partial charge in [-0.2, -0.15) is 0 Å². The van der Waals surface area contributed by atoms with Crippen molar-refractivity contribution in [1.29, 1.82) is 0 Å². The molecule has 0 aromatic carbocycles. The highest BCUT2D eigenvalue weighted by molar-refractivity contribution is 8.13. The van der Waals surface area contributed by atoms with Crippen molar-refractivity contribution in [1.82, 2.24) is 31.9 Å². The third kappa shape index (κ3) is 39.5. The Bertz CT molecular complexity index is 921. The normalized spacial score (nSPS) is 12.4. The lowest BCUT2D eigenvalue weighted by Crippen LogP contribution is -2.47. The van der Waals surface area contributed by atoms with Crippen molar-refractivity contribution in [2.45, 2.75) is 136 Å². The minimum Gasteiger partial charge on any atom is -0.454 e. The highest BCUT2D eigenvalue weighted by Crippen LogP contribution is 2.14. The van der Waals surface area contributed by atoms with E-state index in [1.54, 1.807) is 7.05 Å². The predicted octanol–water partition coefficient (Wildman–Crippen LogP) is 6.93. The van der Waals surface area contributed by atoms with Crippen LogP contribution in [0, 0.1) is 0 Å². The van der Waals surface area contributed by atoms with Crippen LogP contribution < -0.4 is 31.9 Å². The van der Waals surface area contributed by atoms with Crippen LogP contribution in [0.3, 0.4) is 0 Å². The monoisotopic (exact) mass is 814 g/mol. The number of thioether (sulfide) groups is 1. The fraction of sp³-hybridized carbons (Fsp3) is 0.882. The molecule has 0 rings (SSSR count). The number of ether oxygens (including phenoxy) is 2. The Morgan fingerprint density at radius 1 is 0.712 bits per heavy atom. The van der Waals surface area contributed by atoms with Crippen molar-refractivity contribution in [3.05, 3.63) is 0 Å². The summed E-state index contributed by atoms with van der Waals surface area (Å²) in [6.07, 6.45) is 11.3. The fourth-order valence-electron chi connectivity index (χ4n) is 4.72. The molecule has 0 aromatic rings. The SMILES string of the molecule is CCCCCCCNC(=O)SCCOCCOS.CNC(=O)NC(C)CCC(C)NC(=O)NCCCCCCNC(=O)OC[Si](C)(C)O[Si](C)(C)C. The van der Waals surface area contributed by atoms with Crippen molar-refractivity contribution in [2.24, 2.45) is 0 Å². The molecule has 2 atom stereocenters. The van der Waals surface area contributed by atoms with Crippen molar-refractivity contribution in [3.63, 3.8) is 0 Å². The van der Waals surface area contributed by atoms with E-state index in [2.05, 4.69) is 88.7 Å². The molecule has 6 amide bonds. The first-order valence-corrected chi connectivity index (χ1v) is 26.8. The molecule has 0 saturated heterocycles. The van der Waals surface area contributed by atoms with E-state index in [1.807, 2.05) is 13.8 Å². The third-order valence-electron chi connectivity index (χ3n) is 7.14. The number of hydrogen-bond donors (Lipinski definition) is 7. The number of rotatable bonds is 28. The number of hydrogen-bond acceptors (Lipinski definition) is 10. The number of carbonyl (C=O) groups excluding carboxylic acids is 4. The van der Waals surface area contributed by atoms with Gasteiger partial charge in [0, 0.05) is 44.5 Å². The standard InChI is InChI=1S/C22H49N5O5Si2.C12H25NO3S2/c1-18(26-20(28)23-3)13-14-19(2)27-21(29)24-15-11-9-10-12-16-25-22(30)31-17-34(7,8)32-33(4,5)6;1-2-3-4-5-6-7-13-12(14)18-11-10-15-8-9-16-17/h18-19H,9-17H2,1-8H3,(H,25,30)(H2,23,26,28)(H2,24,27,29);17H,2-11H2,1H3,(H,13,14). The Morgan fingerprint density at radius 3 is 1.79 bits per heavy atom. The maximum atomic E-state index is 12.0. The number of thiol groups is 1. The van der Waals surface area contributed by atoms with Crippen molar-refractivity contribution in [2.75, 3.05) is 58.5 Å². The molecule has 14 nitrogen and oxygen atoms in total. The number of unbranched alkanes of at least 4 members (excludes halogenated alkanes) is 7. The molecule has 0 aromatic heterocycles. The second-order valence-electron chi connectivity index (χ2n) is 14.3. The van der Waals surface area contributed by atoms with Crippen LogP contribution in [0.15, 0.2) is 0 Å². The molecule has 0 bridgehead atoms. The van der Waals surface area contributed by atoms with Gasteiger partial charge >= 0.3 is 18.2 Å². The Labute approximate surface area is 327 Å². The maximum absolute atomic E-state index is 12.0. The largest absolute Gasteiger partial charge is 0.454 e. The summed E-state index contributed by atoms with van der Waals surface area (Å²) < 4.78 is 21.3. The van der Waals surface area contributed by atoms with Gasteiger partial charge in [0.25, 0.3) is 5.24 Å². The summed E-state index contributed by atoms with van der Waals surface area (Å²) in [4.78, 5) is 46.5. The average Bonchev–Trinajstić information content (AvgIpc) is 3.06. The molecule has 2 unspecified atom stereocenters. The van der Waals surface area contributed by atoms with Gasteiger partial charge in [0.15, 0.2) is 8.32 Å². The molecule has 0 saturated carbocycles. The summed E-state index contributed by atoms with van der Waals surface area (Å²) in [6, 6.07) is -0.306. The van der Waals surface area contributed by atoms with Gasteiger partial charge in [-0.05, 0) is 91.6 Å². The van der Waals surface area contributed by atoms with Gasteiger partial charge in [-0.25, -0.2) is 14.4 Å². The zero-order valence-electron chi connectivity index (χ0n) is 33.7. The number of carbonyl (C=O) groups is 4. The van der Waals surface area contributed by atoms with Gasteiger partial charge in [0.05, 0.1) is 19.8 Å². The second kappa shape index (κ2) is 33.8. The summed E-state index contributed by atoms with van der Waals surface area (Å²) in [5.41, 5.74) is 0. The number of amides is 6. The lowest BCUT2D eigenvalue weighted by Gasteiger charge is -2.30. The van der Waals surface area contributed by atoms with Gasteiger partial charge in [-0.3, -0.25) is 4.79 Å². The Balaban J connectivity index is 0. The van der Waals surface area contributed by atoms with Crippen molar-refractivity contribution < 1.29 is 37.0 Å². The zero-order chi connectivity index (χ0) is 39.7. The van der Waals surface area contributed by atoms with Gasteiger partial charge in [-0.15, -0.1) is 0 Å². The average molecular weight is 815 g/mol. The summed E-state index contributed by atoms with van der Waals surface area (Å²) in [5, 5.41) is 16.9. The van der Waals surface area contributed by atoms with Gasteiger partial charge < -0.3 is 49.7 Å². The topological polar surface area (TPSA) is 177 Å². The summed E-state index contributed by atoms with van der Waals surface area (Å²) in [5.74, 6) is 0.675. The minimum absolute atomic E-state index is 0.0233. The highest BCUT2D eigenvalue weighted by atomic mass is 32.2. The number of alkyl carbamates (subject to hydrolysis) is 1. The van der Waals surface area contributed by atoms with Crippen LogP contribution in [0.4, 0.5) is 19.2 Å². The Hall–Kier alpha value is -1.71. The fourth-order valence-corrected chi connectivity index (χ4v) is 12.7. The van der Waals surface area contributed by atoms with Gasteiger partial charge in [0.1, 0.15) is 6.23 Å². The van der Waals surface area contributed by atoms with E-state index in [0.29, 0.717) is 44.9 Å². The zero-order valence-corrected chi connectivity index (χ0v) is 37.4. The number of nitrogens with one attached hydrogen (secondary N) is 6. The third-order valence-corrected chi connectivity index (χ3v) is 13.6. The minimum atomic E-state index is -1.99. The first kappa shape index (κ1) is 52.4. The van der Waals surface area contributed by atoms with Crippen molar-refractivity contribution in [3.8, 4) is 0 Å². The Morgan fingerprint density at radius 2 is 1.25 bits per heavy atom. The van der Waals surface area contributed by atoms with E-state index in [4.69, 9.17) is 13.6 Å². The van der Waals surface area contributed by atoms with Crippen LogP contribution in [-0.4, -0.2) is 111 Å². The maximum Gasteiger partial charge on any atom is 0.406 e. The number of urea groups is 2. The molecule has 52 heavy (non-hydrogen) atoms. The molecule has 0 fully saturated rings. The van der Waals surface area contributed by atoms with E-state index >= 15 is 0 Å². The Kier molecular flexibility index (Phi) is 34.1. The molecule has 18 heteroatoms. The molecule has 0 aliphatic rings. The van der Waals surface area contributed by atoms with Crippen LogP contribution in [0.2, 0.25) is 32.7 Å². The highest BCUT2D eigenvalue weighted by Gasteiger charge is 2.31. The van der Waals surface area contributed by atoms with Crippen molar-refractivity contribution >= 4 is 64.7 Å². The molecule has 308 valence electrons. The van der Waals surface area contributed by atoms with E-state index in [0.717, 1.165) is 51.5 Å². The van der Waals surface area contributed by atoms with Crippen LogP contribution in [0.25, 0.3) is 0 Å². The quantitative estimate of drug-likeness (QED) is 0.0191. The summed E-state index contributed by atoms with van der Waals surface area (Å²) in [7, 11) is -2.04. The first-order chi connectivity index (χ1) is 24.5. The smallest absolute Gasteiger partial charge is 0.406 e. The molecular formula is C34H74N6O8S2Si2. The lowest BCUT2D eigenvalue weighted by atomic mass is 10.1. The van der Waals surface area contributed by atoms with E-state index in [9.17, 15) is 19.2 Å². The van der Waals surface area contributed by atoms with Gasteiger partial charge in [0.2, 0.25) is 8.32 Å². The van der Waals surface area contributed by atoms with E-state index in [-0.39, 0.29) is 35.5 Å². The summed E-state index contributed by atoms with van der Waals surface area (Å²) >= 11 is 4.87. The molecule has 0 aliphatic heterocycles.